The van der Waals surface area contributed by atoms with Crippen molar-refractivity contribution in [1.82, 2.24) is 4.57 Å². The molecule has 0 aliphatic heterocycles. The number of carbonyl (C=O) groups excluding carboxylic acids is 3. The average Bonchev–Trinajstić information content (AvgIpc) is 3.39. The molecule has 2 heterocycles. The van der Waals surface area contributed by atoms with Gasteiger partial charge in [0.05, 0.1) is 30.9 Å². The molecule has 0 amide bonds. The van der Waals surface area contributed by atoms with Crippen molar-refractivity contribution in [1.29, 1.82) is 0 Å². The normalized spacial score (nSPS) is 11.2. The summed E-state index contributed by atoms with van der Waals surface area (Å²) in [4.78, 5) is 38.1. The van der Waals surface area contributed by atoms with E-state index in [0.29, 0.717) is 10.9 Å². The monoisotopic (exact) mass is 473 g/mol. The van der Waals surface area contributed by atoms with Crippen LogP contribution in [0.1, 0.15) is 31.2 Å². The molecule has 10 heteroatoms. The van der Waals surface area contributed by atoms with Crippen LogP contribution in [0.25, 0.3) is 22.7 Å². The zero-order valence-electron chi connectivity index (χ0n) is 18.4. The molecule has 0 N–H and O–H groups in total. The summed E-state index contributed by atoms with van der Waals surface area (Å²) < 4.78 is 27.1. The second-order valence-electron chi connectivity index (χ2n) is 6.33. The van der Waals surface area contributed by atoms with Crippen LogP contribution in [-0.4, -0.2) is 42.8 Å². The minimum atomic E-state index is -1.03. The van der Waals surface area contributed by atoms with Crippen molar-refractivity contribution in [3.8, 4) is 5.88 Å². The Morgan fingerprint density at radius 1 is 0.909 bits per heavy atom. The van der Waals surface area contributed by atoms with Crippen molar-refractivity contribution >= 4 is 52.5 Å². The zero-order chi connectivity index (χ0) is 23.8. The van der Waals surface area contributed by atoms with E-state index in [4.69, 9.17) is 23.7 Å². The van der Waals surface area contributed by atoms with E-state index < -0.39 is 18.4 Å². The Morgan fingerprint density at radius 2 is 1.61 bits per heavy atom. The molecule has 0 bridgehead atoms. The first-order valence-electron chi connectivity index (χ1n) is 10.2. The molecule has 0 spiro atoms. The fourth-order valence-corrected chi connectivity index (χ4v) is 3.69. The van der Waals surface area contributed by atoms with E-state index in [-0.39, 0.29) is 37.0 Å². The number of fused-ring (bicyclic) bond motifs is 1. The minimum absolute atomic E-state index is 0.0226. The van der Waals surface area contributed by atoms with Gasteiger partial charge in [-0.25, -0.2) is 19.0 Å². The molecule has 1 aromatic carbocycles. The maximum Gasteiger partial charge on any atom is 0.515 e. The molecule has 0 saturated carbocycles. The van der Waals surface area contributed by atoms with Crippen molar-refractivity contribution in [2.45, 2.75) is 20.8 Å². The van der Waals surface area contributed by atoms with Crippen LogP contribution in [0.3, 0.4) is 0 Å². The molecule has 0 radical (unpaired) electrons. The smallest absolute Gasteiger partial charge is 0.449 e. The highest BCUT2D eigenvalue weighted by Gasteiger charge is 2.30. The second kappa shape index (κ2) is 11.2. The predicted molar refractivity (Wildman–Crippen MR) is 122 cm³/mol. The highest BCUT2D eigenvalue weighted by atomic mass is 32.1. The molecule has 174 valence electrons. The number of carbonyl (C=O) groups is 3. The Bertz CT molecular complexity index is 1160. The Balaban J connectivity index is 2.30. The minimum Gasteiger partial charge on any atom is -0.449 e. The van der Waals surface area contributed by atoms with Crippen molar-refractivity contribution in [3.05, 3.63) is 52.2 Å². The molecular formula is C23H23NO8S. The van der Waals surface area contributed by atoms with Gasteiger partial charge >= 0.3 is 18.4 Å². The summed E-state index contributed by atoms with van der Waals surface area (Å²) in [7, 11) is 0. The lowest BCUT2D eigenvalue weighted by molar-refractivity contribution is 0.0951. The van der Waals surface area contributed by atoms with Crippen LogP contribution in [0, 0.1) is 0 Å². The topological polar surface area (TPSA) is 102 Å². The number of aromatic nitrogens is 1. The van der Waals surface area contributed by atoms with Gasteiger partial charge in [0, 0.05) is 10.3 Å². The first-order chi connectivity index (χ1) is 16.0. The highest BCUT2D eigenvalue weighted by molar-refractivity contribution is 7.10. The van der Waals surface area contributed by atoms with E-state index >= 15 is 0 Å². The number of benzene rings is 1. The van der Waals surface area contributed by atoms with Crippen LogP contribution in [-0.2, 0) is 18.9 Å². The summed E-state index contributed by atoms with van der Waals surface area (Å²) in [5.74, 6) is -0.186. The standard InChI is InChI=1S/C23H23NO8S/c1-4-28-21(25)24-17-12-8-7-11-16(17)19(20(24)32-23(27)30-6-3)18(31-22(26)29-5-2)14-15-10-9-13-33-15/h7-14H,4-6H2,1-3H3/b18-14+. The van der Waals surface area contributed by atoms with Gasteiger partial charge in [0.1, 0.15) is 5.76 Å². The molecule has 9 nitrogen and oxygen atoms in total. The van der Waals surface area contributed by atoms with Gasteiger partial charge in [-0.1, -0.05) is 24.3 Å². The zero-order valence-corrected chi connectivity index (χ0v) is 19.2. The lowest BCUT2D eigenvalue weighted by Gasteiger charge is -2.12. The number of hydrogen-bond acceptors (Lipinski definition) is 9. The lowest BCUT2D eigenvalue weighted by Crippen LogP contribution is -2.19. The van der Waals surface area contributed by atoms with Crippen LogP contribution in [0.5, 0.6) is 5.88 Å². The number of thiophene rings is 1. The van der Waals surface area contributed by atoms with E-state index in [1.807, 2.05) is 17.5 Å². The molecule has 3 rings (SSSR count). The number of ether oxygens (including phenoxy) is 5. The third kappa shape index (κ3) is 5.53. The predicted octanol–water partition coefficient (Wildman–Crippen LogP) is 5.91. The van der Waals surface area contributed by atoms with Gasteiger partial charge in [0.25, 0.3) is 0 Å². The van der Waals surface area contributed by atoms with Crippen molar-refractivity contribution in [3.63, 3.8) is 0 Å². The van der Waals surface area contributed by atoms with Gasteiger partial charge in [-0.3, -0.25) is 0 Å². The van der Waals surface area contributed by atoms with Crippen molar-refractivity contribution in [2.24, 2.45) is 0 Å². The molecule has 2 aromatic heterocycles. The molecule has 0 fully saturated rings. The van der Waals surface area contributed by atoms with Gasteiger partial charge in [0.15, 0.2) is 0 Å². The molecule has 3 aromatic rings. The highest BCUT2D eigenvalue weighted by Crippen LogP contribution is 2.39. The van der Waals surface area contributed by atoms with Gasteiger partial charge in [-0.2, -0.15) is 0 Å². The lowest BCUT2D eigenvalue weighted by atomic mass is 10.1. The SMILES string of the molecule is CCOC(=O)O/C(=C/c1cccs1)c1c(OC(=O)OCC)n(C(=O)OCC)c2ccccc12. The summed E-state index contributed by atoms with van der Waals surface area (Å²) in [5, 5.41) is 2.34. The van der Waals surface area contributed by atoms with E-state index in [1.54, 1.807) is 51.1 Å². The molecule has 0 saturated heterocycles. The second-order valence-corrected chi connectivity index (χ2v) is 7.31. The van der Waals surface area contributed by atoms with E-state index in [2.05, 4.69) is 0 Å². The molecule has 0 unspecified atom stereocenters. The third-order valence-corrected chi connectivity index (χ3v) is 5.06. The average molecular weight is 474 g/mol. The maximum absolute atomic E-state index is 12.9. The fourth-order valence-electron chi connectivity index (χ4n) is 3.04. The first-order valence-corrected chi connectivity index (χ1v) is 11.1. The van der Waals surface area contributed by atoms with Gasteiger partial charge in [0.2, 0.25) is 5.88 Å². The third-order valence-electron chi connectivity index (χ3n) is 4.24. The number of para-hydroxylation sites is 1. The summed E-state index contributed by atoms with van der Waals surface area (Å²) in [6.07, 6.45) is -1.16. The Labute approximate surface area is 194 Å². The molecule has 0 aliphatic carbocycles. The van der Waals surface area contributed by atoms with E-state index in [0.717, 1.165) is 9.44 Å². The van der Waals surface area contributed by atoms with Crippen LogP contribution < -0.4 is 4.74 Å². The van der Waals surface area contributed by atoms with Crippen LogP contribution in [0.4, 0.5) is 14.4 Å². The van der Waals surface area contributed by atoms with E-state index in [9.17, 15) is 14.4 Å². The fraction of sp³-hybridized carbons (Fsp3) is 0.261. The van der Waals surface area contributed by atoms with Gasteiger partial charge in [-0.05, 0) is 44.4 Å². The Hall–Kier alpha value is -3.79. The molecular weight excluding hydrogens is 450 g/mol. The molecule has 0 atom stereocenters. The van der Waals surface area contributed by atoms with Crippen molar-refractivity contribution < 1.29 is 38.1 Å². The summed E-state index contributed by atoms with van der Waals surface area (Å²) in [5.41, 5.74) is 0.572. The molecule has 0 aliphatic rings. The maximum atomic E-state index is 12.9. The van der Waals surface area contributed by atoms with Crippen LogP contribution in [0.2, 0.25) is 0 Å². The number of rotatable bonds is 7. The number of hydrogen-bond donors (Lipinski definition) is 0. The summed E-state index contributed by atoms with van der Waals surface area (Å²) in [6, 6.07) is 10.5. The van der Waals surface area contributed by atoms with E-state index in [1.165, 1.54) is 11.3 Å². The van der Waals surface area contributed by atoms with Crippen molar-refractivity contribution in [2.75, 3.05) is 19.8 Å². The van der Waals surface area contributed by atoms with Crippen LogP contribution in [0.15, 0.2) is 41.8 Å². The quantitative estimate of drug-likeness (QED) is 0.237. The number of nitrogens with zero attached hydrogens (tertiary/aromatic N) is 1. The van der Waals surface area contributed by atoms with Gasteiger partial charge < -0.3 is 23.7 Å². The summed E-state index contributed by atoms with van der Waals surface area (Å²) in [6.45, 7) is 5.17. The van der Waals surface area contributed by atoms with Crippen LogP contribution >= 0.6 is 11.3 Å². The van der Waals surface area contributed by atoms with Gasteiger partial charge in [-0.15, -0.1) is 11.3 Å². The first kappa shape index (κ1) is 23.9. The Morgan fingerprint density at radius 3 is 2.27 bits per heavy atom. The largest absolute Gasteiger partial charge is 0.515 e. The summed E-state index contributed by atoms with van der Waals surface area (Å²) >= 11 is 1.40. The molecule has 33 heavy (non-hydrogen) atoms. The Kier molecular flexibility index (Phi) is 8.09.